The van der Waals surface area contributed by atoms with E-state index >= 15 is 0 Å². The van der Waals surface area contributed by atoms with Crippen LogP contribution in [-0.4, -0.2) is 32.2 Å². The lowest BCUT2D eigenvalue weighted by molar-refractivity contribution is -0.140. The minimum atomic E-state index is -0.843. The minimum Gasteiger partial charge on any atom is -0.481 e. The van der Waals surface area contributed by atoms with E-state index in [-0.39, 0.29) is 5.92 Å². The van der Waals surface area contributed by atoms with E-state index in [1.54, 1.807) is 17.1 Å². The Kier molecular flexibility index (Phi) is 3.70. The average Bonchev–Trinajstić information content (AvgIpc) is 3.02. The number of carboxylic acid groups (broad SMARTS) is 1. The molecule has 0 bridgehead atoms. The van der Waals surface area contributed by atoms with Gasteiger partial charge < -0.3 is 10.8 Å². The maximum absolute atomic E-state index is 11.8. The van der Waals surface area contributed by atoms with Crippen molar-refractivity contribution in [2.75, 3.05) is 6.54 Å². The van der Waals surface area contributed by atoms with Gasteiger partial charge in [-0.3, -0.25) is 9.36 Å². The zero-order valence-corrected chi connectivity index (χ0v) is 12.6. The van der Waals surface area contributed by atoms with Crippen LogP contribution < -0.4 is 5.73 Å². The fourth-order valence-corrected chi connectivity index (χ4v) is 3.08. The standard InChI is InChI=1S/C16H20N4O2/c1-11-4-2-6-14(19-11)20-9-13(18-10-20)16(15(21)22)8-12(16)5-3-7-17/h2,4,6,9-10,12H,3,5,7-8,17H2,1H3,(H,21,22). The van der Waals surface area contributed by atoms with Gasteiger partial charge in [-0.15, -0.1) is 0 Å². The number of aromatic nitrogens is 3. The molecule has 0 radical (unpaired) electrons. The van der Waals surface area contributed by atoms with Gasteiger partial charge in [0.25, 0.3) is 0 Å². The molecule has 22 heavy (non-hydrogen) atoms. The Balaban J connectivity index is 1.88. The summed E-state index contributed by atoms with van der Waals surface area (Å²) in [5, 5.41) is 9.65. The molecule has 3 rings (SSSR count). The molecule has 116 valence electrons. The number of imidazole rings is 1. The minimum absolute atomic E-state index is 0.127. The second-order valence-corrected chi connectivity index (χ2v) is 5.91. The molecule has 3 N–H and O–H groups in total. The second-order valence-electron chi connectivity index (χ2n) is 5.91. The lowest BCUT2D eigenvalue weighted by Gasteiger charge is -2.09. The fraction of sp³-hybridized carbons (Fsp3) is 0.438. The summed E-state index contributed by atoms with van der Waals surface area (Å²) in [5.74, 6) is 0.0813. The normalized spacial score (nSPS) is 23.5. The molecule has 2 unspecified atom stereocenters. The van der Waals surface area contributed by atoms with E-state index in [0.29, 0.717) is 18.7 Å². The summed E-state index contributed by atoms with van der Waals surface area (Å²) in [5.41, 5.74) is 6.21. The van der Waals surface area contributed by atoms with Crippen LogP contribution in [0.3, 0.4) is 0 Å². The largest absolute Gasteiger partial charge is 0.481 e. The molecule has 0 amide bonds. The number of rotatable bonds is 6. The van der Waals surface area contributed by atoms with Gasteiger partial charge in [0.2, 0.25) is 0 Å². The number of hydrogen-bond acceptors (Lipinski definition) is 4. The molecule has 1 fully saturated rings. The van der Waals surface area contributed by atoms with E-state index in [1.165, 1.54) is 0 Å². The lowest BCUT2D eigenvalue weighted by Crippen LogP contribution is -2.23. The number of nitrogens with zero attached hydrogens (tertiary/aromatic N) is 3. The summed E-state index contributed by atoms with van der Waals surface area (Å²) < 4.78 is 1.78. The summed E-state index contributed by atoms with van der Waals surface area (Å²) in [7, 11) is 0. The Morgan fingerprint density at radius 1 is 1.55 bits per heavy atom. The highest BCUT2D eigenvalue weighted by molar-refractivity contribution is 5.85. The first-order valence-corrected chi connectivity index (χ1v) is 7.50. The smallest absolute Gasteiger partial charge is 0.316 e. The van der Waals surface area contributed by atoms with Gasteiger partial charge >= 0.3 is 5.97 Å². The van der Waals surface area contributed by atoms with Crippen molar-refractivity contribution in [3.05, 3.63) is 42.1 Å². The molecule has 0 spiro atoms. The summed E-state index contributed by atoms with van der Waals surface area (Å²) in [6, 6.07) is 5.72. The van der Waals surface area contributed by atoms with Crippen LogP contribution in [0, 0.1) is 12.8 Å². The second kappa shape index (κ2) is 5.53. The third-order valence-electron chi connectivity index (χ3n) is 4.42. The number of carbonyl (C=O) groups is 1. The van der Waals surface area contributed by atoms with Gasteiger partial charge in [-0.05, 0) is 50.8 Å². The first-order chi connectivity index (χ1) is 10.6. The van der Waals surface area contributed by atoms with Gasteiger partial charge in [-0.2, -0.15) is 0 Å². The molecular formula is C16H20N4O2. The summed E-state index contributed by atoms with van der Waals surface area (Å²) in [6.07, 6.45) is 5.75. The molecule has 0 aromatic carbocycles. The Morgan fingerprint density at radius 2 is 2.36 bits per heavy atom. The first kappa shape index (κ1) is 14.7. The van der Waals surface area contributed by atoms with E-state index in [2.05, 4.69) is 9.97 Å². The highest BCUT2D eigenvalue weighted by Gasteiger charge is 2.62. The van der Waals surface area contributed by atoms with Crippen molar-refractivity contribution >= 4 is 5.97 Å². The SMILES string of the molecule is Cc1cccc(-n2cnc(C3(C(=O)O)CC3CCCN)c2)n1. The van der Waals surface area contributed by atoms with Crippen molar-refractivity contribution in [2.24, 2.45) is 11.7 Å². The van der Waals surface area contributed by atoms with E-state index < -0.39 is 11.4 Å². The van der Waals surface area contributed by atoms with E-state index in [4.69, 9.17) is 5.73 Å². The fourth-order valence-electron chi connectivity index (χ4n) is 3.08. The number of hydrogen-bond donors (Lipinski definition) is 2. The monoisotopic (exact) mass is 300 g/mol. The van der Waals surface area contributed by atoms with Gasteiger partial charge in [-0.1, -0.05) is 6.07 Å². The van der Waals surface area contributed by atoms with E-state index in [0.717, 1.165) is 24.4 Å². The third kappa shape index (κ3) is 2.39. The van der Waals surface area contributed by atoms with Crippen LogP contribution in [0.4, 0.5) is 0 Å². The molecular weight excluding hydrogens is 280 g/mol. The highest BCUT2D eigenvalue weighted by atomic mass is 16.4. The van der Waals surface area contributed by atoms with Crippen LogP contribution in [0.15, 0.2) is 30.7 Å². The van der Waals surface area contributed by atoms with Crippen molar-refractivity contribution in [1.29, 1.82) is 0 Å². The number of aryl methyl sites for hydroxylation is 1. The lowest BCUT2D eigenvalue weighted by atomic mass is 9.98. The summed E-state index contributed by atoms with van der Waals surface area (Å²) >= 11 is 0. The molecule has 2 atom stereocenters. The number of carboxylic acids is 1. The average molecular weight is 300 g/mol. The van der Waals surface area contributed by atoms with Crippen molar-refractivity contribution < 1.29 is 9.90 Å². The van der Waals surface area contributed by atoms with Gasteiger partial charge in [-0.25, -0.2) is 9.97 Å². The molecule has 6 nitrogen and oxygen atoms in total. The van der Waals surface area contributed by atoms with Crippen LogP contribution in [0.1, 0.15) is 30.7 Å². The van der Waals surface area contributed by atoms with E-state index in [1.807, 2.05) is 25.1 Å². The summed E-state index contributed by atoms with van der Waals surface area (Å²) in [4.78, 5) is 20.5. The van der Waals surface area contributed by atoms with Crippen molar-refractivity contribution in [3.63, 3.8) is 0 Å². The van der Waals surface area contributed by atoms with Gasteiger partial charge in [0.15, 0.2) is 0 Å². The van der Waals surface area contributed by atoms with Crippen LogP contribution in [-0.2, 0) is 10.2 Å². The van der Waals surface area contributed by atoms with Crippen LogP contribution in [0.25, 0.3) is 5.82 Å². The zero-order chi connectivity index (χ0) is 15.7. The Bertz CT molecular complexity index is 697. The maximum Gasteiger partial charge on any atom is 0.316 e. The number of pyridine rings is 1. The molecule has 2 heterocycles. The molecule has 2 aromatic heterocycles. The van der Waals surface area contributed by atoms with Crippen molar-refractivity contribution in [3.8, 4) is 5.82 Å². The molecule has 1 saturated carbocycles. The zero-order valence-electron chi connectivity index (χ0n) is 12.6. The van der Waals surface area contributed by atoms with Crippen LogP contribution in [0.2, 0.25) is 0 Å². The number of aliphatic carboxylic acids is 1. The van der Waals surface area contributed by atoms with Gasteiger partial charge in [0, 0.05) is 11.9 Å². The van der Waals surface area contributed by atoms with Crippen LogP contribution >= 0.6 is 0 Å². The van der Waals surface area contributed by atoms with Crippen molar-refractivity contribution in [2.45, 2.75) is 31.6 Å². The Morgan fingerprint density at radius 3 is 3.05 bits per heavy atom. The Hall–Kier alpha value is -2.21. The third-order valence-corrected chi connectivity index (χ3v) is 4.42. The molecule has 0 aliphatic heterocycles. The first-order valence-electron chi connectivity index (χ1n) is 7.50. The topological polar surface area (TPSA) is 94.0 Å². The Labute approximate surface area is 129 Å². The predicted octanol–water partition coefficient (Wildman–Crippen LogP) is 1.66. The predicted molar refractivity (Wildman–Crippen MR) is 81.8 cm³/mol. The quantitative estimate of drug-likeness (QED) is 0.846. The molecule has 2 aromatic rings. The molecule has 0 saturated heterocycles. The van der Waals surface area contributed by atoms with Crippen molar-refractivity contribution in [1.82, 2.24) is 14.5 Å². The molecule has 6 heteroatoms. The number of nitrogens with two attached hydrogens (primary N) is 1. The molecule has 1 aliphatic rings. The molecule has 1 aliphatic carbocycles. The van der Waals surface area contributed by atoms with Gasteiger partial charge in [0.05, 0.1) is 5.69 Å². The van der Waals surface area contributed by atoms with Crippen LogP contribution in [0.5, 0.6) is 0 Å². The maximum atomic E-state index is 11.8. The van der Waals surface area contributed by atoms with E-state index in [9.17, 15) is 9.90 Å². The highest BCUT2D eigenvalue weighted by Crippen LogP contribution is 2.56. The summed E-state index contributed by atoms with van der Waals surface area (Å²) in [6.45, 7) is 2.51. The van der Waals surface area contributed by atoms with Gasteiger partial charge in [0.1, 0.15) is 17.6 Å².